The molecule has 0 amide bonds. The van der Waals surface area contributed by atoms with Crippen molar-refractivity contribution in [1.29, 1.82) is 0 Å². The van der Waals surface area contributed by atoms with Gasteiger partial charge in [-0.25, -0.2) is 17.7 Å². The fourth-order valence-corrected chi connectivity index (χ4v) is 4.32. The van der Waals surface area contributed by atoms with E-state index in [1.807, 2.05) is 35.0 Å². The van der Waals surface area contributed by atoms with Gasteiger partial charge in [-0.15, -0.1) is 0 Å². The minimum Gasteiger partial charge on any atom is -0.491 e. The standard InChI is InChI=1S/C18H25N3O5S.CH2O2/c1-20(2)27(23,24)13-15-11-25-12-17(15)21-7-6-19-18(21)14-4-3-5-16(10-14)26-9-8-22;2-1-3/h3-7,10,15,17,22H,8-9,11-13H2,1-2H3;1H,(H,2,3)/t15-,17+;/m0./s1. The molecule has 0 spiro atoms. The number of sulfonamides is 1. The molecule has 1 saturated heterocycles. The molecule has 2 aromatic rings. The van der Waals surface area contributed by atoms with E-state index < -0.39 is 10.0 Å². The molecule has 0 radical (unpaired) electrons. The van der Waals surface area contributed by atoms with E-state index in [0.29, 0.717) is 19.0 Å². The van der Waals surface area contributed by atoms with Crippen LogP contribution in [0, 0.1) is 5.92 Å². The van der Waals surface area contributed by atoms with E-state index in [0.717, 1.165) is 11.4 Å². The van der Waals surface area contributed by atoms with Gasteiger partial charge in [-0.3, -0.25) is 4.79 Å². The smallest absolute Gasteiger partial charge is 0.290 e. The van der Waals surface area contributed by atoms with E-state index >= 15 is 0 Å². The molecule has 1 aliphatic rings. The minimum atomic E-state index is -3.32. The normalized spacial score (nSPS) is 18.7. The van der Waals surface area contributed by atoms with Gasteiger partial charge in [0.1, 0.15) is 18.2 Å². The molecule has 2 heterocycles. The van der Waals surface area contributed by atoms with Crippen LogP contribution >= 0.6 is 0 Å². The predicted molar refractivity (Wildman–Crippen MR) is 110 cm³/mol. The Morgan fingerprint density at radius 1 is 1.37 bits per heavy atom. The van der Waals surface area contributed by atoms with Crippen LogP contribution in [0.4, 0.5) is 0 Å². The molecule has 0 bridgehead atoms. The van der Waals surface area contributed by atoms with Crippen molar-refractivity contribution < 1.29 is 32.9 Å². The lowest BCUT2D eigenvalue weighted by molar-refractivity contribution is -0.122. The largest absolute Gasteiger partial charge is 0.491 e. The van der Waals surface area contributed by atoms with E-state index in [9.17, 15) is 8.42 Å². The van der Waals surface area contributed by atoms with E-state index in [1.54, 1.807) is 20.3 Å². The van der Waals surface area contributed by atoms with Gasteiger partial charge in [0.2, 0.25) is 10.0 Å². The summed E-state index contributed by atoms with van der Waals surface area (Å²) in [5, 5.41) is 15.8. The number of imidazole rings is 1. The molecule has 30 heavy (non-hydrogen) atoms. The lowest BCUT2D eigenvalue weighted by Crippen LogP contribution is -2.32. The average molecular weight is 442 g/mol. The number of carboxylic acid groups (broad SMARTS) is 1. The van der Waals surface area contributed by atoms with Crippen LogP contribution in [0.25, 0.3) is 11.4 Å². The minimum absolute atomic E-state index is 0.0297. The van der Waals surface area contributed by atoms with Gasteiger partial charge in [0.05, 0.1) is 31.6 Å². The molecule has 3 rings (SSSR count). The number of hydrogen-bond acceptors (Lipinski definition) is 7. The first-order valence-corrected chi connectivity index (χ1v) is 10.9. The van der Waals surface area contributed by atoms with Crippen molar-refractivity contribution in [1.82, 2.24) is 13.9 Å². The first-order chi connectivity index (χ1) is 14.3. The summed E-state index contributed by atoms with van der Waals surface area (Å²) in [6.45, 7) is 0.756. The second-order valence-corrected chi connectivity index (χ2v) is 9.02. The third kappa shape index (κ3) is 6.02. The van der Waals surface area contributed by atoms with Crippen molar-refractivity contribution in [2.75, 3.05) is 46.3 Å². The summed E-state index contributed by atoms with van der Waals surface area (Å²) in [7, 11) is -0.239. The molecule has 1 aromatic carbocycles. The van der Waals surface area contributed by atoms with Gasteiger partial charge in [0, 0.05) is 38.0 Å². The van der Waals surface area contributed by atoms with Crippen molar-refractivity contribution in [2.24, 2.45) is 5.92 Å². The molecule has 166 valence electrons. The Morgan fingerprint density at radius 2 is 2.10 bits per heavy atom. The van der Waals surface area contributed by atoms with Crippen LogP contribution < -0.4 is 4.74 Å². The SMILES string of the molecule is CN(C)S(=O)(=O)C[C@@H]1COC[C@H]1n1ccnc1-c1cccc(OCCO)c1.O=CO. The molecule has 1 aliphatic heterocycles. The maximum Gasteiger partial charge on any atom is 0.290 e. The number of benzene rings is 1. The highest BCUT2D eigenvalue weighted by Gasteiger charge is 2.35. The molecular weight excluding hydrogens is 414 g/mol. The highest BCUT2D eigenvalue weighted by Crippen LogP contribution is 2.32. The number of aromatic nitrogens is 2. The molecule has 0 unspecified atom stereocenters. The number of ether oxygens (including phenoxy) is 2. The molecule has 10 nitrogen and oxygen atoms in total. The fraction of sp³-hybridized carbons (Fsp3) is 0.474. The van der Waals surface area contributed by atoms with Gasteiger partial charge < -0.3 is 24.3 Å². The van der Waals surface area contributed by atoms with Crippen molar-refractivity contribution >= 4 is 16.5 Å². The van der Waals surface area contributed by atoms with Crippen LogP contribution in [0.1, 0.15) is 6.04 Å². The van der Waals surface area contributed by atoms with Crippen molar-refractivity contribution in [3.05, 3.63) is 36.7 Å². The summed E-state index contributed by atoms with van der Waals surface area (Å²) in [6, 6.07) is 7.35. The summed E-state index contributed by atoms with van der Waals surface area (Å²) in [6.07, 6.45) is 3.55. The number of carbonyl (C=O) groups is 1. The van der Waals surface area contributed by atoms with E-state index in [-0.39, 0.29) is 37.4 Å². The predicted octanol–water partition coefficient (Wildman–Crippen LogP) is 0.701. The van der Waals surface area contributed by atoms with E-state index in [4.69, 9.17) is 24.5 Å². The zero-order valence-electron chi connectivity index (χ0n) is 16.9. The Bertz CT molecular complexity index is 914. The van der Waals surface area contributed by atoms with Gasteiger partial charge in [-0.05, 0) is 12.1 Å². The molecule has 0 saturated carbocycles. The first kappa shape index (κ1) is 23.8. The molecular formula is C19H27N3O7S. The summed E-state index contributed by atoms with van der Waals surface area (Å²) < 4.78 is 38.9. The maximum atomic E-state index is 12.3. The van der Waals surface area contributed by atoms with Crippen LogP contribution in [0.15, 0.2) is 36.7 Å². The quantitative estimate of drug-likeness (QED) is 0.573. The molecule has 1 aromatic heterocycles. The maximum absolute atomic E-state index is 12.3. The monoisotopic (exact) mass is 441 g/mol. The van der Waals surface area contributed by atoms with E-state index in [2.05, 4.69) is 4.98 Å². The lowest BCUT2D eigenvalue weighted by atomic mass is 10.1. The van der Waals surface area contributed by atoms with Crippen molar-refractivity contribution in [2.45, 2.75) is 6.04 Å². The number of nitrogens with zero attached hydrogens (tertiary/aromatic N) is 3. The number of aliphatic hydroxyl groups excluding tert-OH is 1. The second kappa shape index (κ2) is 11.1. The highest BCUT2D eigenvalue weighted by molar-refractivity contribution is 7.89. The summed E-state index contributed by atoms with van der Waals surface area (Å²) >= 11 is 0. The van der Waals surface area contributed by atoms with Crippen molar-refractivity contribution in [3.63, 3.8) is 0 Å². The Labute approximate surface area is 175 Å². The number of rotatable bonds is 8. The van der Waals surface area contributed by atoms with E-state index in [1.165, 1.54) is 4.31 Å². The number of aliphatic hydroxyl groups is 1. The molecule has 1 fully saturated rings. The average Bonchev–Trinajstić information content (AvgIpc) is 3.35. The summed E-state index contributed by atoms with van der Waals surface area (Å²) in [5.41, 5.74) is 0.858. The van der Waals surface area contributed by atoms with Crippen LogP contribution in [0.5, 0.6) is 5.75 Å². The Hall–Kier alpha value is -2.47. The Balaban J connectivity index is 0.00000101. The van der Waals surface area contributed by atoms with Gasteiger partial charge in [-0.1, -0.05) is 12.1 Å². The van der Waals surface area contributed by atoms with Gasteiger partial charge in [0.15, 0.2) is 0 Å². The third-order valence-corrected chi connectivity index (χ3v) is 6.59. The fourth-order valence-electron chi connectivity index (χ4n) is 3.17. The molecule has 0 aliphatic carbocycles. The van der Waals surface area contributed by atoms with Crippen molar-refractivity contribution in [3.8, 4) is 17.1 Å². The first-order valence-electron chi connectivity index (χ1n) is 9.26. The van der Waals surface area contributed by atoms with Crippen LogP contribution in [-0.4, -0.2) is 85.2 Å². The lowest BCUT2D eigenvalue weighted by Gasteiger charge is -2.22. The number of hydrogen-bond donors (Lipinski definition) is 2. The van der Waals surface area contributed by atoms with Gasteiger partial charge in [-0.2, -0.15) is 0 Å². The van der Waals surface area contributed by atoms with Crippen LogP contribution in [0.3, 0.4) is 0 Å². The molecule has 11 heteroatoms. The highest BCUT2D eigenvalue weighted by atomic mass is 32.2. The molecule has 2 N–H and O–H groups in total. The van der Waals surface area contributed by atoms with Gasteiger partial charge >= 0.3 is 0 Å². The van der Waals surface area contributed by atoms with Gasteiger partial charge in [0.25, 0.3) is 6.47 Å². The Kier molecular flexibility index (Phi) is 8.78. The molecule has 2 atom stereocenters. The topological polar surface area (TPSA) is 131 Å². The second-order valence-electron chi connectivity index (χ2n) is 6.79. The van der Waals surface area contributed by atoms with Crippen LogP contribution in [0.2, 0.25) is 0 Å². The summed E-state index contributed by atoms with van der Waals surface area (Å²) in [4.78, 5) is 12.8. The third-order valence-electron chi connectivity index (χ3n) is 4.62. The zero-order valence-corrected chi connectivity index (χ0v) is 17.7. The Morgan fingerprint density at radius 3 is 2.77 bits per heavy atom. The zero-order chi connectivity index (χ0) is 22.1. The van der Waals surface area contributed by atoms with Crippen LogP contribution in [-0.2, 0) is 19.6 Å². The summed E-state index contributed by atoms with van der Waals surface area (Å²) in [5.74, 6) is 1.25.